The van der Waals surface area contributed by atoms with Gasteiger partial charge in [0.05, 0.1) is 19.0 Å². The van der Waals surface area contributed by atoms with Gasteiger partial charge in [-0.2, -0.15) is 0 Å². The van der Waals surface area contributed by atoms with Crippen LogP contribution in [-0.2, 0) is 4.74 Å². The zero-order chi connectivity index (χ0) is 17.1. The molecule has 0 aliphatic heterocycles. The molecular weight excluding hydrogens is 296 g/mol. The van der Waals surface area contributed by atoms with Gasteiger partial charge in [-0.1, -0.05) is 25.0 Å². The topological polar surface area (TPSA) is 29.5 Å². The van der Waals surface area contributed by atoms with E-state index >= 15 is 0 Å². The minimum absolute atomic E-state index is 0.146. The van der Waals surface area contributed by atoms with Crippen molar-refractivity contribution in [3.8, 4) is 0 Å². The minimum atomic E-state index is -0.146. The Kier molecular flexibility index (Phi) is 4.10. The molecule has 0 bridgehead atoms. The fraction of sp³-hybridized carbons (Fsp3) is 0.818. The molecule has 4 aliphatic carbocycles. The van der Waals surface area contributed by atoms with Gasteiger partial charge < -0.3 is 9.84 Å². The maximum Gasteiger partial charge on any atom is 0.0959 e. The van der Waals surface area contributed by atoms with E-state index in [0.29, 0.717) is 11.3 Å². The van der Waals surface area contributed by atoms with Gasteiger partial charge in [0.2, 0.25) is 0 Å². The third-order valence-corrected chi connectivity index (χ3v) is 8.31. The maximum absolute atomic E-state index is 10.3. The van der Waals surface area contributed by atoms with Crippen molar-refractivity contribution < 1.29 is 9.84 Å². The van der Waals surface area contributed by atoms with Crippen molar-refractivity contribution >= 4 is 0 Å². The van der Waals surface area contributed by atoms with Crippen molar-refractivity contribution in [1.82, 2.24) is 0 Å². The third kappa shape index (κ3) is 2.32. The van der Waals surface area contributed by atoms with Gasteiger partial charge >= 0.3 is 0 Å². The Bertz CT molecular complexity index is 573. The predicted molar refractivity (Wildman–Crippen MR) is 97.3 cm³/mol. The fourth-order valence-electron chi connectivity index (χ4n) is 7.29. The zero-order valence-corrected chi connectivity index (χ0v) is 15.8. The molecule has 0 radical (unpaired) electrons. The van der Waals surface area contributed by atoms with Gasteiger partial charge in [0.25, 0.3) is 0 Å². The van der Waals surface area contributed by atoms with Gasteiger partial charge in [0.15, 0.2) is 0 Å². The van der Waals surface area contributed by atoms with E-state index in [1.165, 1.54) is 37.9 Å². The first-order valence-electron chi connectivity index (χ1n) is 10.1. The zero-order valence-electron chi connectivity index (χ0n) is 15.8. The van der Waals surface area contributed by atoms with Gasteiger partial charge in [-0.15, -0.1) is 0 Å². The van der Waals surface area contributed by atoms with Crippen LogP contribution in [0.4, 0.5) is 0 Å². The molecule has 1 N–H and O–H groups in total. The second-order valence-electron chi connectivity index (χ2n) is 9.32. The summed E-state index contributed by atoms with van der Waals surface area (Å²) in [5.41, 5.74) is 3.82. The highest BCUT2D eigenvalue weighted by Crippen LogP contribution is 2.64. The molecule has 0 spiro atoms. The number of aliphatic hydroxyl groups is 1. The van der Waals surface area contributed by atoms with Crippen LogP contribution in [0.25, 0.3) is 0 Å². The highest BCUT2D eigenvalue weighted by atomic mass is 16.5. The number of aliphatic hydroxyl groups excluding tert-OH is 1. The summed E-state index contributed by atoms with van der Waals surface area (Å²) in [5.74, 6) is 4.91. The minimum Gasteiger partial charge on any atom is -0.501 e. The van der Waals surface area contributed by atoms with Crippen LogP contribution in [0.1, 0.15) is 65.7 Å². The van der Waals surface area contributed by atoms with Crippen LogP contribution in [-0.4, -0.2) is 18.3 Å². The van der Waals surface area contributed by atoms with E-state index in [1.807, 2.05) is 14.0 Å². The molecule has 0 heterocycles. The number of allylic oxidation sites excluding steroid dienone is 3. The fourth-order valence-corrected chi connectivity index (χ4v) is 7.29. The lowest BCUT2D eigenvalue weighted by Gasteiger charge is -2.54. The molecule has 2 fully saturated rings. The SMILES string of the molecule is COC1=CCC2=C(C1)C[C@@H](C)[C@@H]1[C@@H]2CC[C@@]2(C)[C@@H]1CC[C@@H]2[C@@H](C)O. The van der Waals surface area contributed by atoms with E-state index in [1.54, 1.807) is 11.1 Å². The van der Waals surface area contributed by atoms with Gasteiger partial charge in [-0.05, 0) is 86.5 Å². The molecule has 4 aliphatic rings. The van der Waals surface area contributed by atoms with Crippen LogP contribution < -0.4 is 0 Å². The van der Waals surface area contributed by atoms with Gasteiger partial charge in [0.1, 0.15) is 0 Å². The molecule has 0 aromatic carbocycles. The molecule has 0 unspecified atom stereocenters. The Balaban J connectivity index is 1.64. The Morgan fingerprint density at radius 2 is 2.08 bits per heavy atom. The first-order valence-corrected chi connectivity index (χ1v) is 10.1. The van der Waals surface area contributed by atoms with E-state index in [0.717, 1.165) is 36.5 Å². The molecule has 0 amide bonds. The molecule has 2 heteroatoms. The van der Waals surface area contributed by atoms with E-state index in [4.69, 9.17) is 4.74 Å². The van der Waals surface area contributed by atoms with Crippen LogP contribution in [0.2, 0.25) is 0 Å². The van der Waals surface area contributed by atoms with Crippen molar-refractivity contribution in [2.75, 3.05) is 7.11 Å². The summed E-state index contributed by atoms with van der Waals surface area (Å²) in [4.78, 5) is 0. The van der Waals surface area contributed by atoms with Crippen molar-refractivity contribution in [2.24, 2.45) is 35.0 Å². The smallest absolute Gasteiger partial charge is 0.0959 e. The summed E-state index contributed by atoms with van der Waals surface area (Å²) in [6.45, 7) is 7.01. The summed E-state index contributed by atoms with van der Waals surface area (Å²) >= 11 is 0. The second kappa shape index (κ2) is 5.90. The Morgan fingerprint density at radius 1 is 1.29 bits per heavy atom. The first-order chi connectivity index (χ1) is 11.5. The summed E-state index contributed by atoms with van der Waals surface area (Å²) in [6, 6.07) is 0. The molecule has 2 nitrogen and oxygen atoms in total. The average molecular weight is 331 g/mol. The number of rotatable bonds is 2. The Hall–Kier alpha value is -0.760. The molecule has 134 valence electrons. The predicted octanol–water partition coefficient (Wildman–Crippen LogP) is 5.09. The van der Waals surface area contributed by atoms with Gasteiger partial charge in [-0.25, -0.2) is 0 Å². The molecule has 0 saturated heterocycles. The normalized spacial score (nSPS) is 45.9. The van der Waals surface area contributed by atoms with E-state index in [2.05, 4.69) is 19.9 Å². The van der Waals surface area contributed by atoms with E-state index in [9.17, 15) is 5.11 Å². The van der Waals surface area contributed by atoms with Crippen molar-refractivity contribution in [1.29, 1.82) is 0 Å². The molecule has 0 aromatic rings. The highest BCUT2D eigenvalue weighted by molar-refractivity contribution is 5.33. The standard InChI is InChI=1S/C22H34O2/c1-13-11-15-12-16(24-4)5-6-17(15)18-9-10-22(3)19(14(2)23)7-8-20(22)21(13)18/h5,13-14,18-21,23H,6-12H2,1-4H3/t13-,14-,18-,19-,20-,21-,22-/m1/s1. The largest absolute Gasteiger partial charge is 0.501 e. The molecule has 7 atom stereocenters. The van der Waals surface area contributed by atoms with Crippen molar-refractivity contribution in [3.05, 3.63) is 23.0 Å². The molecule has 2 saturated carbocycles. The average Bonchev–Trinajstić information content (AvgIpc) is 2.91. The third-order valence-electron chi connectivity index (χ3n) is 8.31. The highest BCUT2D eigenvalue weighted by Gasteiger charge is 2.57. The van der Waals surface area contributed by atoms with E-state index < -0.39 is 0 Å². The number of hydrogen-bond donors (Lipinski definition) is 1. The number of ether oxygens (including phenoxy) is 1. The Labute approximate surface area is 147 Å². The summed E-state index contributed by atoms with van der Waals surface area (Å²) < 4.78 is 5.54. The molecule has 0 aromatic heterocycles. The van der Waals surface area contributed by atoms with Crippen LogP contribution in [0.3, 0.4) is 0 Å². The van der Waals surface area contributed by atoms with Crippen LogP contribution >= 0.6 is 0 Å². The molecule has 4 rings (SSSR count). The number of fused-ring (bicyclic) bond motifs is 4. The monoisotopic (exact) mass is 330 g/mol. The number of hydrogen-bond acceptors (Lipinski definition) is 2. The first kappa shape index (κ1) is 16.7. The Morgan fingerprint density at radius 3 is 2.79 bits per heavy atom. The maximum atomic E-state index is 10.3. The van der Waals surface area contributed by atoms with Crippen molar-refractivity contribution in [2.45, 2.75) is 71.8 Å². The van der Waals surface area contributed by atoms with E-state index in [-0.39, 0.29) is 6.10 Å². The lowest BCUT2D eigenvalue weighted by Crippen LogP contribution is -2.47. The quantitative estimate of drug-likeness (QED) is 0.715. The van der Waals surface area contributed by atoms with Gasteiger partial charge in [-0.3, -0.25) is 0 Å². The van der Waals surface area contributed by atoms with Gasteiger partial charge in [0, 0.05) is 6.42 Å². The molecule has 24 heavy (non-hydrogen) atoms. The summed E-state index contributed by atoms with van der Waals surface area (Å²) in [7, 11) is 1.81. The summed E-state index contributed by atoms with van der Waals surface area (Å²) in [6.07, 6.45) is 10.8. The van der Waals surface area contributed by atoms with Crippen molar-refractivity contribution in [3.63, 3.8) is 0 Å². The second-order valence-corrected chi connectivity index (χ2v) is 9.32. The van der Waals surface area contributed by atoms with Crippen LogP contribution in [0.15, 0.2) is 23.0 Å². The number of methoxy groups -OCH3 is 1. The lowest BCUT2D eigenvalue weighted by molar-refractivity contribution is -0.0408. The molecular formula is C22H34O2. The summed E-state index contributed by atoms with van der Waals surface area (Å²) in [5, 5.41) is 10.3. The van der Waals surface area contributed by atoms with Crippen LogP contribution in [0.5, 0.6) is 0 Å². The lowest BCUT2D eigenvalue weighted by atomic mass is 9.51. The van der Waals surface area contributed by atoms with Crippen LogP contribution in [0, 0.1) is 35.0 Å².